The molecule has 0 saturated heterocycles. The highest BCUT2D eigenvalue weighted by Crippen LogP contribution is 2.30. The van der Waals surface area contributed by atoms with Crippen LogP contribution >= 0.6 is 0 Å². The minimum absolute atomic E-state index is 0.0554. The Morgan fingerprint density at radius 2 is 2.00 bits per heavy atom. The molecule has 158 valence electrons. The van der Waals surface area contributed by atoms with Gasteiger partial charge in [0.2, 0.25) is 0 Å². The van der Waals surface area contributed by atoms with Crippen molar-refractivity contribution in [3.8, 4) is 5.75 Å². The number of fused-ring (bicyclic) bond motifs is 1. The molecule has 1 aromatic heterocycles. The van der Waals surface area contributed by atoms with E-state index in [4.69, 9.17) is 10.5 Å². The zero-order valence-corrected chi connectivity index (χ0v) is 17.4. The number of nitrogens with two attached hydrogens (primary N) is 1. The number of anilines is 1. The third kappa shape index (κ3) is 4.74. The van der Waals surface area contributed by atoms with E-state index < -0.39 is 21.7 Å². The van der Waals surface area contributed by atoms with Crippen molar-refractivity contribution in [2.45, 2.75) is 26.3 Å². The van der Waals surface area contributed by atoms with E-state index in [-0.39, 0.29) is 29.6 Å². The van der Waals surface area contributed by atoms with Crippen molar-refractivity contribution in [3.63, 3.8) is 0 Å². The summed E-state index contributed by atoms with van der Waals surface area (Å²) in [6.07, 6.45) is 1.40. The number of benzene rings is 1. The number of hydrogen-bond acceptors (Lipinski definition) is 7. The first kappa shape index (κ1) is 21.2. The van der Waals surface area contributed by atoms with Crippen molar-refractivity contribution in [2.75, 3.05) is 11.3 Å². The third-order valence-electron chi connectivity index (χ3n) is 4.16. The molecule has 2 aromatic rings. The summed E-state index contributed by atoms with van der Waals surface area (Å²) in [5.41, 5.74) is 6.08. The molecule has 1 amide bonds. The number of amidine groups is 1. The molecule has 0 atom stereocenters. The maximum atomic E-state index is 12.6. The molecule has 2 heterocycles. The van der Waals surface area contributed by atoms with Crippen LogP contribution in [-0.4, -0.2) is 43.1 Å². The number of hydrogen-bond donors (Lipinski definition) is 3. The van der Waals surface area contributed by atoms with E-state index in [1.165, 1.54) is 25.3 Å². The van der Waals surface area contributed by atoms with Crippen LogP contribution in [0.1, 0.15) is 47.2 Å². The number of amides is 1. The lowest BCUT2D eigenvalue weighted by Crippen LogP contribution is -2.48. The van der Waals surface area contributed by atoms with Crippen molar-refractivity contribution in [3.05, 3.63) is 53.3 Å². The number of ketones is 1. The number of rotatable bonds is 6. The van der Waals surface area contributed by atoms with Gasteiger partial charge in [0, 0.05) is 18.7 Å². The monoisotopic (exact) mass is 431 g/mol. The zero-order chi connectivity index (χ0) is 22.1. The Morgan fingerprint density at radius 1 is 1.27 bits per heavy atom. The van der Waals surface area contributed by atoms with Crippen LogP contribution in [0.4, 0.5) is 5.69 Å². The molecule has 1 aliphatic heterocycles. The van der Waals surface area contributed by atoms with Gasteiger partial charge in [-0.1, -0.05) is 6.07 Å². The predicted molar refractivity (Wildman–Crippen MR) is 111 cm³/mol. The molecule has 0 aliphatic carbocycles. The molecule has 10 nitrogen and oxygen atoms in total. The standard InChI is InChI=1S/C19H21N5O5S/c1-11(25)14-9-12(7-8-21-14)18(26)22-19(2,3)10-29-15-6-4-5-13-16(15)17(20)24-30(27,28)23-13/h4-9,23H,10H2,1-3H3,(H2,20,24)(H,22,26). The van der Waals surface area contributed by atoms with Gasteiger partial charge in [-0.25, -0.2) is 0 Å². The number of ether oxygens (including phenoxy) is 1. The summed E-state index contributed by atoms with van der Waals surface area (Å²) < 4.78 is 34.9. The number of nitrogens with zero attached hydrogens (tertiary/aromatic N) is 2. The topological polar surface area (TPSA) is 153 Å². The Morgan fingerprint density at radius 3 is 2.70 bits per heavy atom. The maximum Gasteiger partial charge on any atom is 0.344 e. The zero-order valence-electron chi connectivity index (χ0n) is 16.6. The Kier molecular flexibility index (Phi) is 5.49. The molecule has 0 spiro atoms. The fourth-order valence-electron chi connectivity index (χ4n) is 2.78. The van der Waals surface area contributed by atoms with E-state index in [0.717, 1.165) is 0 Å². The number of carbonyl (C=O) groups is 2. The van der Waals surface area contributed by atoms with Crippen molar-refractivity contribution in [1.82, 2.24) is 10.3 Å². The van der Waals surface area contributed by atoms with Crippen molar-refractivity contribution < 1.29 is 22.7 Å². The van der Waals surface area contributed by atoms with Crippen LogP contribution in [0, 0.1) is 0 Å². The minimum Gasteiger partial charge on any atom is -0.490 e. The van der Waals surface area contributed by atoms with Gasteiger partial charge in [-0.2, -0.15) is 8.42 Å². The van der Waals surface area contributed by atoms with E-state index in [2.05, 4.69) is 19.4 Å². The Bertz CT molecular complexity index is 1160. The first-order valence-corrected chi connectivity index (χ1v) is 10.4. The summed E-state index contributed by atoms with van der Waals surface area (Å²) in [6.45, 7) is 4.94. The van der Waals surface area contributed by atoms with Crippen molar-refractivity contribution >= 4 is 33.4 Å². The Balaban J connectivity index is 1.74. The van der Waals surface area contributed by atoms with Gasteiger partial charge in [0.1, 0.15) is 18.1 Å². The highest BCUT2D eigenvalue weighted by atomic mass is 32.2. The van der Waals surface area contributed by atoms with E-state index in [9.17, 15) is 18.0 Å². The van der Waals surface area contributed by atoms with Crippen LogP contribution in [0.25, 0.3) is 0 Å². The Hall–Kier alpha value is -3.47. The van der Waals surface area contributed by atoms with Crippen LogP contribution < -0.4 is 20.5 Å². The first-order valence-electron chi connectivity index (χ1n) is 8.91. The fourth-order valence-corrected chi connectivity index (χ4v) is 3.62. The van der Waals surface area contributed by atoms with Crippen LogP contribution in [-0.2, 0) is 10.2 Å². The van der Waals surface area contributed by atoms with Gasteiger partial charge < -0.3 is 15.8 Å². The second-order valence-corrected chi connectivity index (χ2v) is 8.68. The van der Waals surface area contributed by atoms with Crippen LogP contribution in [0.15, 0.2) is 40.9 Å². The molecule has 3 rings (SSSR count). The summed E-state index contributed by atoms with van der Waals surface area (Å²) in [6, 6.07) is 7.72. The average molecular weight is 431 g/mol. The number of Topliss-reactive ketones (excluding diaryl/α,β-unsaturated/α-hetero) is 1. The lowest BCUT2D eigenvalue weighted by Gasteiger charge is -2.27. The van der Waals surface area contributed by atoms with Crippen LogP contribution in [0.3, 0.4) is 0 Å². The maximum absolute atomic E-state index is 12.6. The van der Waals surface area contributed by atoms with Gasteiger partial charge in [-0.3, -0.25) is 19.3 Å². The quantitative estimate of drug-likeness (QED) is 0.582. The molecule has 0 unspecified atom stereocenters. The normalized spacial score (nSPS) is 14.7. The third-order valence-corrected chi connectivity index (χ3v) is 5.08. The number of nitrogens with one attached hydrogen (secondary N) is 2. The minimum atomic E-state index is -3.89. The summed E-state index contributed by atoms with van der Waals surface area (Å²) in [5.74, 6) is -0.496. The van der Waals surface area contributed by atoms with E-state index >= 15 is 0 Å². The summed E-state index contributed by atoms with van der Waals surface area (Å²) in [5, 5.41) is 2.84. The summed E-state index contributed by atoms with van der Waals surface area (Å²) in [4.78, 5) is 28.0. The largest absolute Gasteiger partial charge is 0.490 e. The second-order valence-electron chi connectivity index (χ2n) is 7.34. The molecular formula is C19H21N5O5S. The molecular weight excluding hydrogens is 410 g/mol. The van der Waals surface area contributed by atoms with Gasteiger partial charge in [0.25, 0.3) is 5.91 Å². The molecule has 1 aromatic carbocycles. The van der Waals surface area contributed by atoms with Gasteiger partial charge >= 0.3 is 10.2 Å². The predicted octanol–water partition coefficient (Wildman–Crippen LogP) is 1.25. The second kappa shape index (κ2) is 7.75. The van der Waals surface area contributed by atoms with Crippen molar-refractivity contribution in [1.29, 1.82) is 0 Å². The molecule has 4 N–H and O–H groups in total. The number of carbonyl (C=O) groups excluding carboxylic acids is 2. The summed E-state index contributed by atoms with van der Waals surface area (Å²) in [7, 11) is -3.89. The van der Waals surface area contributed by atoms with Gasteiger partial charge in [0.05, 0.1) is 16.8 Å². The van der Waals surface area contributed by atoms with E-state index in [1.807, 2.05) is 0 Å². The van der Waals surface area contributed by atoms with E-state index in [1.54, 1.807) is 32.0 Å². The van der Waals surface area contributed by atoms with E-state index in [0.29, 0.717) is 16.9 Å². The molecule has 1 aliphatic rings. The molecule has 0 fully saturated rings. The molecule has 11 heteroatoms. The van der Waals surface area contributed by atoms with Gasteiger partial charge in [0.15, 0.2) is 11.6 Å². The molecule has 30 heavy (non-hydrogen) atoms. The van der Waals surface area contributed by atoms with Crippen molar-refractivity contribution in [2.24, 2.45) is 10.1 Å². The van der Waals surface area contributed by atoms with Gasteiger partial charge in [-0.15, -0.1) is 4.40 Å². The molecule has 0 radical (unpaired) electrons. The van der Waals surface area contributed by atoms with Crippen LogP contribution in [0.5, 0.6) is 5.75 Å². The SMILES string of the molecule is CC(=O)c1cc(C(=O)NC(C)(C)COc2cccc3c2C(N)=NS(=O)(=O)N3)ccn1. The van der Waals surface area contributed by atoms with Crippen LogP contribution in [0.2, 0.25) is 0 Å². The number of aromatic nitrogens is 1. The lowest BCUT2D eigenvalue weighted by molar-refractivity contribution is 0.0880. The lowest BCUT2D eigenvalue weighted by atomic mass is 10.1. The first-order chi connectivity index (χ1) is 14.0. The highest BCUT2D eigenvalue weighted by molar-refractivity contribution is 7.91. The highest BCUT2D eigenvalue weighted by Gasteiger charge is 2.27. The molecule has 0 saturated carbocycles. The fraction of sp³-hybridized carbons (Fsp3) is 0.263. The summed E-state index contributed by atoms with van der Waals surface area (Å²) >= 11 is 0. The van der Waals surface area contributed by atoms with Gasteiger partial charge in [-0.05, 0) is 38.1 Å². The smallest absolute Gasteiger partial charge is 0.344 e. The average Bonchev–Trinajstić information content (AvgIpc) is 2.65. The Labute approximate surface area is 173 Å². The molecule has 0 bridgehead atoms. The number of pyridine rings is 1.